The number of fused-ring (bicyclic) bond motifs is 1. The van der Waals surface area contributed by atoms with E-state index in [0.29, 0.717) is 23.9 Å². The fourth-order valence-corrected chi connectivity index (χ4v) is 3.41. The highest BCUT2D eigenvalue weighted by Gasteiger charge is 2.31. The van der Waals surface area contributed by atoms with Crippen LogP contribution in [0.2, 0.25) is 0 Å². The molecule has 0 radical (unpaired) electrons. The number of halogens is 1. The van der Waals surface area contributed by atoms with Crippen LogP contribution in [0.1, 0.15) is 37.9 Å². The highest BCUT2D eigenvalue weighted by Crippen LogP contribution is 2.39. The average Bonchev–Trinajstić information content (AvgIpc) is 3.02. The van der Waals surface area contributed by atoms with Gasteiger partial charge in [-0.15, -0.1) is 0 Å². The van der Waals surface area contributed by atoms with Gasteiger partial charge in [0.25, 0.3) is 0 Å². The van der Waals surface area contributed by atoms with E-state index in [0.717, 1.165) is 30.7 Å². The minimum Gasteiger partial charge on any atom is -0.330 e. The van der Waals surface area contributed by atoms with Gasteiger partial charge in [-0.2, -0.15) is 0 Å². The number of aromatic nitrogens is 2. The molecule has 2 atom stereocenters. The minimum atomic E-state index is -0.228. The lowest BCUT2D eigenvalue weighted by molar-refractivity contribution is 0.463. The SMILES string of the molecule is CCn1c(C2CCCC2CN)nc2c(F)cccc21. The molecule has 2 unspecified atom stereocenters. The van der Waals surface area contributed by atoms with Gasteiger partial charge in [-0.3, -0.25) is 0 Å². The van der Waals surface area contributed by atoms with E-state index in [1.165, 1.54) is 12.5 Å². The summed E-state index contributed by atoms with van der Waals surface area (Å²) in [5.41, 5.74) is 7.27. The van der Waals surface area contributed by atoms with Crippen LogP contribution in [-0.4, -0.2) is 16.1 Å². The molecule has 0 spiro atoms. The summed E-state index contributed by atoms with van der Waals surface area (Å²) in [4.78, 5) is 4.60. The zero-order valence-corrected chi connectivity index (χ0v) is 11.3. The molecule has 2 N–H and O–H groups in total. The van der Waals surface area contributed by atoms with Gasteiger partial charge in [0, 0.05) is 12.5 Å². The number of hydrogen-bond donors (Lipinski definition) is 1. The standard InChI is InChI=1S/C15H20FN3/c1-2-19-13-8-4-7-12(16)14(13)18-15(19)11-6-3-5-10(11)9-17/h4,7-8,10-11H,2-3,5-6,9,17H2,1H3. The first-order valence-corrected chi connectivity index (χ1v) is 7.11. The first kappa shape index (κ1) is 12.6. The summed E-state index contributed by atoms with van der Waals surface area (Å²) < 4.78 is 16.0. The minimum absolute atomic E-state index is 0.228. The number of benzene rings is 1. The molecule has 4 heteroatoms. The lowest BCUT2D eigenvalue weighted by atomic mass is 9.95. The lowest BCUT2D eigenvalue weighted by Crippen LogP contribution is -2.20. The first-order chi connectivity index (χ1) is 9.26. The van der Waals surface area contributed by atoms with Crippen LogP contribution >= 0.6 is 0 Å². The van der Waals surface area contributed by atoms with Crippen molar-refractivity contribution in [3.8, 4) is 0 Å². The third-order valence-electron chi connectivity index (χ3n) is 4.37. The molecule has 1 heterocycles. The summed E-state index contributed by atoms with van der Waals surface area (Å²) in [6.07, 6.45) is 3.48. The van der Waals surface area contributed by atoms with Gasteiger partial charge in [0.1, 0.15) is 11.3 Å². The largest absolute Gasteiger partial charge is 0.330 e. The van der Waals surface area contributed by atoms with Gasteiger partial charge in [0.15, 0.2) is 5.82 Å². The maximum Gasteiger partial charge on any atom is 0.151 e. The zero-order chi connectivity index (χ0) is 13.4. The summed E-state index contributed by atoms with van der Waals surface area (Å²) in [7, 11) is 0. The molecule has 0 amide bonds. The molecule has 1 aromatic heterocycles. The molecule has 1 saturated carbocycles. The van der Waals surface area contributed by atoms with Crippen molar-refractivity contribution in [2.24, 2.45) is 11.7 Å². The smallest absolute Gasteiger partial charge is 0.151 e. The van der Waals surface area contributed by atoms with Crippen molar-refractivity contribution in [2.45, 2.75) is 38.6 Å². The molecular weight excluding hydrogens is 241 g/mol. The highest BCUT2D eigenvalue weighted by atomic mass is 19.1. The quantitative estimate of drug-likeness (QED) is 0.923. The van der Waals surface area contributed by atoms with Gasteiger partial charge in [-0.05, 0) is 44.4 Å². The van der Waals surface area contributed by atoms with Gasteiger partial charge >= 0.3 is 0 Å². The number of para-hydroxylation sites is 1. The Bertz CT molecular complexity index is 590. The Morgan fingerprint density at radius 3 is 3.00 bits per heavy atom. The summed E-state index contributed by atoms with van der Waals surface area (Å²) >= 11 is 0. The highest BCUT2D eigenvalue weighted by molar-refractivity contribution is 5.76. The second-order valence-corrected chi connectivity index (χ2v) is 5.36. The van der Waals surface area contributed by atoms with Crippen LogP contribution in [0.4, 0.5) is 4.39 Å². The van der Waals surface area contributed by atoms with Crippen molar-refractivity contribution in [2.75, 3.05) is 6.54 Å². The van der Waals surface area contributed by atoms with E-state index < -0.39 is 0 Å². The molecule has 2 aromatic rings. The summed E-state index contributed by atoms with van der Waals surface area (Å²) in [6, 6.07) is 5.18. The van der Waals surface area contributed by atoms with Crippen LogP contribution in [0.3, 0.4) is 0 Å². The topological polar surface area (TPSA) is 43.8 Å². The average molecular weight is 261 g/mol. The molecule has 1 aromatic carbocycles. The van der Waals surface area contributed by atoms with E-state index in [-0.39, 0.29) is 5.82 Å². The number of hydrogen-bond acceptors (Lipinski definition) is 2. The molecule has 1 aliphatic rings. The van der Waals surface area contributed by atoms with E-state index in [1.807, 2.05) is 6.07 Å². The maximum absolute atomic E-state index is 13.9. The van der Waals surface area contributed by atoms with E-state index in [2.05, 4.69) is 16.5 Å². The molecule has 1 aliphatic carbocycles. The van der Waals surface area contributed by atoms with Gasteiger partial charge < -0.3 is 10.3 Å². The van der Waals surface area contributed by atoms with Crippen molar-refractivity contribution in [1.29, 1.82) is 0 Å². The predicted molar refractivity (Wildman–Crippen MR) is 74.5 cm³/mol. The third-order valence-corrected chi connectivity index (χ3v) is 4.37. The number of imidazole rings is 1. The number of rotatable bonds is 3. The third kappa shape index (κ3) is 1.94. The number of nitrogens with zero attached hydrogens (tertiary/aromatic N) is 2. The molecule has 3 rings (SSSR count). The monoisotopic (exact) mass is 261 g/mol. The van der Waals surface area contributed by atoms with Gasteiger partial charge in [0.05, 0.1) is 5.52 Å². The Kier molecular flexibility index (Phi) is 3.27. The van der Waals surface area contributed by atoms with E-state index in [9.17, 15) is 4.39 Å². The Balaban J connectivity index is 2.15. The van der Waals surface area contributed by atoms with Crippen molar-refractivity contribution in [1.82, 2.24) is 9.55 Å². The van der Waals surface area contributed by atoms with Gasteiger partial charge in [0.2, 0.25) is 0 Å². The molecule has 3 nitrogen and oxygen atoms in total. The van der Waals surface area contributed by atoms with Crippen LogP contribution < -0.4 is 5.73 Å². The first-order valence-electron chi connectivity index (χ1n) is 7.11. The van der Waals surface area contributed by atoms with Crippen molar-refractivity contribution < 1.29 is 4.39 Å². The zero-order valence-electron chi connectivity index (χ0n) is 11.3. The molecule has 102 valence electrons. The predicted octanol–water partition coefficient (Wildman–Crippen LogP) is 3.04. The Morgan fingerprint density at radius 1 is 1.42 bits per heavy atom. The number of aryl methyl sites for hydroxylation is 1. The van der Waals surface area contributed by atoms with Crippen LogP contribution in [0.15, 0.2) is 18.2 Å². The van der Waals surface area contributed by atoms with Crippen molar-refractivity contribution in [3.05, 3.63) is 29.8 Å². The van der Waals surface area contributed by atoms with Crippen LogP contribution in [0.25, 0.3) is 11.0 Å². The van der Waals surface area contributed by atoms with Gasteiger partial charge in [-0.1, -0.05) is 12.5 Å². The Labute approximate surface area is 112 Å². The summed E-state index contributed by atoms with van der Waals surface area (Å²) in [6.45, 7) is 3.60. The van der Waals surface area contributed by atoms with Crippen LogP contribution in [-0.2, 0) is 6.54 Å². The van der Waals surface area contributed by atoms with E-state index >= 15 is 0 Å². The summed E-state index contributed by atoms with van der Waals surface area (Å²) in [5, 5.41) is 0. The molecule has 1 fully saturated rings. The van der Waals surface area contributed by atoms with Gasteiger partial charge in [-0.25, -0.2) is 9.37 Å². The van der Waals surface area contributed by atoms with Crippen LogP contribution in [0, 0.1) is 11.7 Å². The molecular formula is C15H20FN3. The maximum atomic E-state index is 13.9. The van der Waals surface area contributed by atoms with E-state index in [4.69, 9.17) is 5.73 Å². The van der Waals surface area contributed by atoms with Crippen molar-refractivity contribution >= 4 is 11.0 Å². The second-order valence-electron chi connectivity index (χ2n) is 5.36. The fraction of sp³-hybridized carbons (Fsp3) is 0.533. The van der Waals surface area contributed by atoms with Crippen LogP contribution in [0.5, 0.6) is 0 Å². The van der Waals surface area contributed by atoms with E-state index in [1.54, 1.807) is 6.07 Å². The Morgan fingerprint density at radius 2 is 2.26 bits per heavy atom. The normalized spacial score (nSPS) is 23.3. The fourth-order valence-electron chi connectivity index (χ4n) is 3.41. The molecule has 0 bridgehead atoms. The van der Waals surface area contributed by atoms with Crippen molar-refractivity contribution in [3.63, 3.8) is 0 Å². The molecule has 19 heavy (non-hydrogen) atoms. The summed E-state index contributed by atoms with van der Waals surface area (Å²) in [5.74, 6) is 1.67. The second kappa shape index (κ2) is 4.93. The molecule has 0 saturated heterocycles. The Hall–Kier alpha value is -1.42. The lowest BCUT2D eigenvalue weighted by Gasteiger charge is -2.18. The number of nitrogens with two attached hydrogens (primary N) is 1. The molecule has 0 aliphatic heterocycles.